The van der Waals surface area contributed by atoms with Gasteiger partial charge in [-0.15, -0.1) is 0 Å². The maximum absolute atomic E-state index is 13.8. The van der Waals surface area contributed by atoms with Gasteiger partial charge in [-0.25, -0.2) is 4.39 Å². The summed E-state index contributed by atoms with van der Waals surface area (Å²) < 4.78 is 19.2. The fourth-order valence-corrected chi connectivity index (χ4v) is 6.95. The summed E-state index contributed by atoms with van der Waals surface area (Å²) in [4.78, 5) is 6.88. The Balaban J connectivity index is 1.36. The molecule has 188 valence electrons. The lowest BCUT2D eigenvalue weighted by atomic mass is 9.74. The van der Waals surface area contributed by atoms with Gasteiger partial charge in [-0.1, -0.05) is 12.8 Å². The van der Waals surface area contributed by atoms with Crippen molar-refractivity contribution in [2.75, 3.05) is 39.1 Å². The number of pyridine rings is 1. The summed E-state index contributed by atoms with van der Waals surface area (Å²) in [6, 6.07) is 5.48. The number of likely N-dealkylation sites (tertiary alicyclic amines) is 1. The Bertz CT molecular complexity index is 924. The van der Waals surface area contributed by atoms with Gasteiger partial charge in [0.05, 0.1) is 18.7 Å². The third-order valence-corrected chi connectivity index (χ3v) is 9.30. The molecule has 34 heavy (non-hydrogen) atoms. The van der Waals surface area contributed by atoms with E-state index in [2.05, 4.69) is 21.6 Å². The minimum Gasteiger partial charge on any atom is -0.497 e. The number of methoxy groups -OCH3 is 1. The fourth-order valence-electron chi connectivity index (χ4n) is 5.59. The molecule has 0 unspecified atom stereocenters. The van der Waals surface area contributed by atoms with E-state index in [4.69, 9.17) is 4.74 Å². The summed E-state index contributed by atoms with van der Waals surface area (Å²) in [6.45, 7) is 2.56. The molecule has 1 atom stereocenters. The van der Waals surface area contributed by atoms with E-state index in [1.807, 2.05) is 18.2 Å². The monoisotopic (exact) mass is 490 g/mol. The summed E-state index contributed by atoms with van der Waals surface area (Å²) in [6.07, 6.45) is 9.33. The molecule has 2 aromatic rings. The molecule has 2 heterocycles. The predicted molar refractivity (Wildman–Crippen MR) is 137 cm³/mol. The number of benzene rings is 1. The van der Waals surface area contributed by atoms with E-state index in [9.17, 15) is 14.6 Å². The number of aliphatic hydroxyl groups excluding tert-OH is 2. The molecule has 7 heteroatoms. The highest BCUT2D eigenvalue weighted by Gasteiger charge is 2.34. The normalized spacial score (nSPS) is 20.1. The molecule has 2 N–H and O–H groups in total. The zero-order chi connectivity index (χ0) is 24.0. The molecule has 4 rings (SSSR count). The summed E-state index contributed by atoms with van der Waals surface area (Å²) in [5.41, 5.74) is 1.56. The Morgan fingerprint density at radius 3 is 2.71 bits per heavy atom. The SMILES string of the molecule is COc1ccc2ncc(CF)c([C@H](O)CCC3(CO)CCN(CCSC4CCCC4)CC3)c2c1. The van der Waals surface area contributed by atoms with Gasteiger partial charge >= 0.3 is 0 Å². The number of fused-ring (bicyclic) bond motifs is 1. The van der Waals surface area contributed by atoms with Crippen LogP contribution in [0.25, 0.3) is 10.9 Å². The van der Waals surface area contributed by atoms with Crippen LogP contribution in [0.3, 0.4) is 0 Å². The van der Waals surface area contributed by atoms with Crippen LogP contribution in [0, 0.1) is 5.41 Å². The lowest BCUT2D eigenvalue weighted by molar-refractivity contribution is 0.0253. The number of halogens is 1. The van der Waals surface area contributed by atoms with Crippen LogP contribution < -0.4 is 4.74 Å². The molecule has 1 aromatic carbocycles. The van der Waals surface area contributed by atoms with Crippen molar-refractivity contribution in [3.8, 4) is 5.75 Å². The van der Waals surface area contributed by atoms with Gasteiger partial charge in [0.2, 0.25) is 0 Å². The zero-order valence-corrected chi connectivity index (χ0v) is 21.2. The topological polar surface area (TPSA) is 65.8 Å². The van der Waals surface area contributed by atoms with Crippen LogP contribution >= 0.6 is 11.8 Å². The molecule has 0 bridgehead atoms. The Labute approximate surface area is 207 Å². The second-order valence-corrected chi connectivity index (χ2v) is 11.5. The lowest BCUT2D eigenvalue weighted by Gasteiger charge is -2.41. The van der Waals surface area contributed by atoms with Crippen molar-refractivity contribution in [1.82, 2.24) is 9.88 Å². The van der Waals surface area contributed by atoms with Gasteiger partial charge in [0.1, 0.15) is 12.4 Å². The Kier molecular flexibility index (Phi) is 9.08. The van der Waals surface area contributed by atoms with Gasteiger partial charge in [0, 0.05) is 41.3 Å². The first-order valence-electron chi connectivity index (χ1n) is 12.7. The van der Waals surface area contributed by atoms with Crippen LogP contribution in [0.5, 0.6) is 5.75 Å². The van der Waals surface area contributed by atoms with E-state index in [0.717, 1.165) is 49.5 Å². The number of thioether (sulfide) groups is 1. The second-order valence-electron chi connectivity index (χ2n) is 10.0. The van der Waals surface area contributed by atoms with Crippen molar-refractivity contribution < 1.29 is 19.3 Å². The highest BCUT2D eigenvalue weighted by molar-refractivity contribution is 7.99. The van der Waals surface area contributed by atoms with E-state index >= 15 is 0 Å². The highest BCUT2D eigenvalue weighted by Crippen LogP contribution is 2.40. The van der Waals surface area contributed by atoms with Crippen molar-refractivity contribution in [2.45, 2.75) is 69.4 Å². The molecule has 1 aliphatic heterocycles. The van der Waals surface area contributed by atoms with Gasteiger partial charge in [0.15, 0.2) is 0 Å². The number of hydrogen-bond donors (Lipinski definition) is 2. The number of alkyl halides is 1. The van der Waals surface area contributed by atoms with E-state index < -0.39 is 12.8 Å². The van der Waals surface area contributed by atoms with Crippen LogP contribution in [-0.4, -0.2) is 64.5 Å². The van der Waals surface area contributed by atoms with E-state index in [1.54, 1.807) is 7.11 Å². The molecule has 1 saturated heterocycles. The maximum atomic E-state index is 13.8. The van der Waals surface area contributed by atoms with E-state index in [0.29, 0.717) is 28.8 Å². The molecular formula is C27H39FN2O3S. The Hall–Kier alpha value is -1.41. The van der Waals surface area contributed by atoms with Crippen molar-refractivity contribution in [3.05, 3.63) is 35.5 Å². The maximum Gasteiger partial charge on any atom is 0.119 e. The first-order valence-corrected chi connectivity index (χ1v) is 13.8. The number of aromatic nitrogens is 1. The first-order chi connectivity index (χ1) is 16.6. The summed E-state index contributed by atoms with van der Waals surface area (Å²) in [5, 5.41) is 23.1. The van der Waals surface area contributed by atoms with Crippen molar-refractivity contribution in [2.24, 2.45) is 5.41 Å². The van der Waals surface area contributed by atoms with Crippen molar-refractivity contribution >= 4 is 22.7 Å². The predicted octanol–water partition coefficient (Wildman–Crippen LogP) is 5.28. The van der Waals surface area contributed by atoms with E-state index in [1.165, 1.54) is 37.6 Å². The van der Waals surface area contributed by atoms with Gasteiger partial charge in [-0.05, 0) is 80.8 Å². The van der Waals surface area contributed by atoms with Crippen LogP contribution in [0.4, 0.5) is 4.39 Å². The zero-order valence-electron chi connectivity index (χ0n) is 20.3. The number of ether oxygens (including phenoxy) is 1. The molecule has 0 amide bonds. The Morgan fingerprint density at radius 2 is 2.03 bits per heavy atom. The quantitative estimate of drug-likeness (QED) is 0.447. The molecule has 1 aliphatic carbocycles. The largest absolute Gasteiger partial charge is 0.497 e. The van der Waals surface area contributed by atoms with Gasteiger partial charge in [-0.3, -0.25) is 4.98 Å². The molecule has 0 radical (unpaired) electrons. The molecule has 1 aromatic heterocycles. The minimum atomic E-state index is -0.812. The van der Waals surface area contributed by atoms with Crippen LogP contribution in [0.1, 0.15) is 68.6 Å². The number of rotatable bonds is 11. The van der Waals surface area contributed by atoms with Gasteiger partial charge in [0.25, 0.3) is 0 Å². The van der Waals surface area contributed by atoms with Gasteiger partial charge in [-0.2, -0.15) is 11.8 Å². The van der Waals surface area contributed by atoms with Crippen LogP contribution in [0.2, 0.25) is 0 Å². The number of aliphatic hydroxyl groups is 2. The van der Waals surface area contributed by atoms with Gasteiger partial charge < -0.3 is 19.8 Å². The molecule has 2 fully saturated rings. The molecule has 5 nitrogen and oxygen atoms in total. The summed E-state index contributed by atoms with van der Waals surface area (Å²) in [5.74, 6) is 1.85. The number of hydrogen-bond acceptors (Lipinski definition) is 6. The average molecular weight is 491 g/mol. The standard InChI is InChI=1S/C27H39FN2O3S/c1-33-21-6-7-24-23(16-21)26(20(17-28)18-29-24)25(32)8-9-27(19-31)10-12-30(13-11-27)14-15-34-22-4-2-3-5-22/h6-7,16,18,22,25,31-32H,2-5,8-15,17,19H2,1H3/t25-/m1/s1. The van der Waals surface area contributed by atoms with E-state index in [-0.39, 0.29) is 12.0 Å². The smallest absolute Gasteiger partial charge is 0.119 e. The summed E-state index contributed by atoms with van der Waals surface area (Å²) >= 11 is 2.13. The lowest BCUT2D eigenvalue weighted by Crippen LogP contribution is -2.43. The first kappa shape index (κ1) is 25.7. The molecule has 1 saturated carbocycles. The summed E-state index contributed by atoms with van der Waals surface area (Å²) in [7, 11) is 1.59. The second kappa shape index (κ2) is 12.0. The average Bonchev–Trinajstić information content (AvgIpc) is 3.40. The van der Waals surface area contributed by atoms with Crippen molar-refractivity contribution in [3.63, 3.8) is 0 Å². The molecule has 2 aliphatic rings. The van der Waals surface area contributed by atoms with Crippen molar-refractivity contribution in [1.29, 1.82) is 0 Å². The van der Waals surface area contributed by atoms with Crippen LogP contribution in [-0.2, 0) is 6.67 Å². The van der Waals surface area contributed by atoms with Crippen LogP contribution in [0.15, 0.2) is 24.4 Å². The third-order valence-electron chi connectivity index (χ3n) is 7.94. The minimum absolute atomic E-state index is 0.130. The molecule has 0 spiro atoms. The number of piperidine rings is 1. The number of nitrogens with zero attached hydrogens (tertiary/aromatic N) is 2. The third kappa shape index (κ3) is 6.04. The fraction of sp³-hybridized carbons (Fsp3) is 0.667. The molecular weight excluding hydrogens is 451 g/mol. The highest BCUT2D eigenvalue weighted by atomic mass is 32.2. The Morgan fingerprint density at radius 1 is 1.26 bits per heavy atom.